The minimum absolute atomic E-state index is 0.139. The smallest absolute Gasteiger partial charge is 0.164 e. The second-order valence-electron chi connectivity index (χ2n) is 11.1. The van der Waals surface area contributed by atoms with E-state index in [1.54, 1.807) is 31.0 Å². The number of benzene rings is 2. The van der Waals surface area contributed by atoms with Gasteiger partial charge in [-0.2, -0.15) is 5.10 Å². The van der Waals surface area contributed by atoms with Crippen molar-refractivity contribution >= 4 is 23.0 Å². The van der Waals surface area contributed by atoms with Crippen LogP contribution >= 0.6 is 0 Å². The quantitative estimate of drug-likeness (QED) is 0.273. The number of nitrogens with one attached hydrogen (secondary N) is 1. The lowest BCUT2D eigenvalue weighted by Crippen LogP contribution is -2.43. The molecule has 0 aliphatic carbocycles. The zero-order valence-electron chi connectivity index (χ0n) is 24.7. The summed E-state index contributed by atoms with van der Waals surface area (Å²) >= 11 is 0. The molecule has 0 radical (unpaired) electrons. The average Bonchev–Trinajstić information content (AvgIpc) is 3.68. The van der Waals surface area contributed by atoms with Crippen molar-refractivity contribution < 1.29 is 23.1 Å². The summed E-state index contributed by atoms with van der Waals surface area (Å²) < 4.78 is 42.1. The van der Waals surface area contributed by atoms with Crippen LogP contribution in [-0.2, 0) is 16.6 Å². The number of piperidine rings is 1. The zero-order valence-corrected chi connectivity index (χ0v) is 24.7. The van der Waals surface area contributed by atoms with Crippen molar-refractivity contribution in [2.45, 2.75) is 37.8 Å². The van der Waals surface area contributed by atoms with E-state index in [2.05, 4.69) is 32.2 Å². The monoisotopic (exact) mass is 591 g/mol. The van der Waals surface area contributed by atoms with Gasteiger partial charge in [-0.3, -0.25) is 9.52 Å². The van der Waals surface area contributed by atoms with E-state index in [-0.39, 0.29) is 11.2 Å². The van der Waals surface area contributed by atoms with Gasteiger partial charge in [0.25, 0.3) is 0 Å². The molecule has 226 valence electrons. The van der Waals surface area contributed by atoms with Gasteiger partial charge in [-0.25, -0.2) is 23.8 Å². The van der Waals surface area contributed by atoms with Crippen LogP contribution in [0.5, 0.6) is 5.75 Å². The van der Waals surface area contributed by atoms with Crippen LogP contribution in [0.4, 0.5) is 31.8 Å². The van der Waals surface area contributed by atoms with E-state index in [1.807, 2.05) is 31.6 Å². The summed E-state index contributed by atoms with van der Waals surface area (Å²) in [5.74, 6) is -0.243. The molecule has 2 saturated heterocycles. The van der Waals surface area contributed by atoms with Crippen molar-refractivity contribution in [3.8, 4) is 16.9 Å². The Morgan fingerprint density at radius 3 is 2.63 bits per heavy atom. The second-order valence-corrected chi connectivity index (χ2v) is 11.1. The van der Waals surface area contributed by atoms with E-state index in [9.17, 15) is 8.78 Å². The Kier molecular flexibility index (Phi) is 7.89. The van der Waals surface area contributed by atoms with Gasteiger partial charge in [-0.15, -0.1) is 0 Å². The SMILES string of the molecule is COc1cc(N2CCC(C)(OC)CC2)c(-c2cnn(C)c2)cc1Nc1cc(N2OCC[C@@H]2c2cccc(F)c2F)ncn1. The van der Waals surface area contributed by atoms with Crippen LogP contribution in [0.1, 0.15) is 37.8 Å². The molecule has 2 aromatic carbocycles. The molecule has 4 heterocycles. The van der Waals surface area contributed by atoms with E-state index in [4.69, 9.17) is 14.3 Å². The minimum Gasteiger partial charge on any atom is -0.494 e. The minimum atomic E-state index is -0.897. The maximum Gasteiger partial charge on any atom is 0.164 e. The van der Waals surface area contributed by atoms with Gasteiger partial charge >= 0.3 is 0 Å². The number of hydroxylamine groups is 1. The number of hydrogen-bond acceptors (Lipinski definition) is 9. The van der Waals surface area contributed by atoms with Gasteiger partial charge in [0.2, 0.25) is 0 Å². The maximum absolute atomic E-state index is 14.7. The number of nitrogens with zero attached hydrogens (tertiary/aromatic N) is 6. The van der Waals surface area contributed by atoms with E-state index >= 15 is 0 Å². The van der Waals surface area contributed by atoms with Gasteiger partial charge in [0.15, 0.2) is 17.5 Å². The highest BCUT2D eigenvalue weighted by Crippen LogP contribution is 2.42. The normalized spacial score (nSPS) is 18.2. The molecule has 4 aromatic rings. The summed E-state index contributed by atoms with van der Waals surface area (Å²) in [6.45, 7) is 4.18. The van der Waals surface area contributed by atoms with Gasteiger partial charge in [-0.1, -0.05) is 12.1 Å². The summed E-state index contributed by atoms with van der Waals surface area (Å²) in [6, 6.07) is 9.41. The van der Waals surface area contributed by atoms with E-state index in [1.165, 1.54) is 17.5 Å². The van der Waals surface area contributed by atoms with Crippen molar-refractivity contribution in [2.75, 3.05) is 49.2 Å². The van der Waals surface area contributed by atoms with Gasteiger partial charge in [0, 0.05) is 74.4 Å². The summed E-state index contributed by atoms with van der Waals surface area (Å²) in [7, 11) is 5.30. The van der Waals surface area contributed by atoms with E-state index in [0.717, 1.165) is 48.8 Å². The van der Waals surface area contributed by atoms with Crippen molar-refractivity contribution in [1.29, 1.82) is 0 Å². The number of methoxy groups -OCH3 is 2. The van der Waals surface area contributed by atoms with Crippen LogP contribution in [0, 0.1) is 11.6 Å². The first-order valence-corrected chi connectivity index (χ1v) is 14.2. The molecule has 2 aliphatic heterocycles. The van der Waals surface area contributed by atoms with Crippen LogP contribution in [0.3, 0.4) is 0 Å². The molecule has 0 bridgehead atoms. The number of ether oxygens (including phenoxy) is 2. The molecule has 0 spiro atoms. The number of halogens is 2. The molecule has 10 nitrogen and oxygen atoms in total. The summed E-state index contributed by atoms with van der Waals surface area (Å²) in [6.07, 6.45) is 7.52. The van der Waals surface area contributed by atoms with Gasteiger partial charge in [0.1, 0.15) is 17.9 Å². The Bertz CT molecular complexity index is 1610. The van der Waals surface area contributed by atoms with Gasteiger partial charge in [0.05, 0.1) is 37.2 Å². The third-order valence-electron chi connectivity index (χ3n) is 8.37. The molecule has 43 heavy (non-hydrogen) atoms. The molecule has 2 aliphatic rings. The molecule has 1 N–H and O–H groups in total. The molecule has 2 fully saturated rings. The molecule has 0 saturated carbocycles. The van der Waals surface area contributed by atoms with Crippen LogP contribution in [0.15, 0.2) is 55.1 Å². The number of rotatable bonds is 8. The predicted molar refractivity (Wildman–Crippen MR) is 160 cm³/mol. The third kappa shape index (κ3) is 5.72. The van der Waals surface area contributed by atoms with Crippen molar-refractivity contribution in [1.82, 2.24) is 19.7 Å². The summed E-state index contributed by atoms with van der Waals surface area (Å²) in [5, 5.41) is 9.29. The molecule has 12 heteroatoms. The number of aryl methyl sites for hydroxylation is 1. The lowest BCUT2D eigenvalue weighted by molar-refractivity contribution is -0.0132. The van der Waals surface area contributed by atoms with Crippen LogP contribution < -0.4 is 20.0 Å². The average molecular weight is 592 g/mol. The van der Waals surface area contributed by atoms with Crippen molar-refractivity contribution in [3.05, 3.63) is 72.3 Å². The van der Waals surface area contributed by atoms with Gasteiger partial charge < -0.3 is 19.7 Å². The number of hydrogen-bond donors (Lipinski definition) is 1. The maximum atomic E-state index is 14.7. The van der Waals surface area contributed by atoms with Crippen molar-refractivity contribution in [2.24, 2.45) is 7.05 Å². The largest absolute Gasteiger partial charge is 0.494 e. The van der Waals surface area contributed by atoms with E-state index in [0.29, 0.717) is 36.1 Å². The molecule has 6 rings (SSSR count). The molecular formula is C31H35F2N7O3. The van der Waals surface area contributed by atoms with Crippen LogP contribution in [-0.4, -0.2) is 59.3 Å². The lowest BCUT2D eigenvalue weighted by atomic mass is 9.92. The Labute approximate surface area is 249 Å². The highest BCUT2D eigenvalue weighted by atomic mass is 19.2. The third-order valence-corrected chi connectivity index (χ3v) is 8.37. The number of aromatic nitrogens is 4. The Morgan fingerprint density at radius 2 is 1.91 bits per heavy atom. The molecule has 1 atom stereocenters. The highest BCUT2D eigenvalue weighted by molar-refractivity contribution is 5.85. The Balaban J connectivity index is 1.32. The van der Waals surface area contributed by atoms with Crippen LogP contribution in [0.2, 0.25) is 0 Å². The number of anilines is 4. The standard InChI is InChI=1S/C31H35F2N7O3/c1-31(42-4)9-11-39(12-10-31)26-15-27(41-3)24(14-22(26)20-17-36-38(2)18-20)37-28-16-29(35-19-34-28)40-25(8-13-43-40)21-6-5-7-23(32)30(21)33/h5-7,14-19,25H,8-13H2,1-4H3,(H,34,35,37)/t25-/m1/s1. The summed E-state index contributed by atoms with van der Waals surface area (Å²) in [5.41, 5.74) is 3.78. The molecule has 2 aromatic heterocycles. The highest BCUT2D eigenvalue weighted by Gasteiger charge is 2.33. The molecule has 0 amide bonds. The Morgan fingerprint density at radius 1 is 1.09 bits per heavy atom. The predicted octanol–water partition coefficient (Wildman–Crippen LogP) is 5.80. The zero-order chi connectivity index (χ0) is 30.1. The second kappa shape index (κ2) is 11.8. The first-order chi connectivity index (χ1) is 20.8. The van der Waals surface area contributed by atoms with Crippen LogP contribution in [0.25, 0.3) is 11.1 Å². The topological polar surface area (TPSA) is 89.8 Å². The summed E-state index contributed by atoms with van der Waals surface area (Å²) in [4.78, 5) is 17.0. The molecular weight excluding hydrogens is 556 g/mol. The lowest BCUT2D eigenvalue weighted by Gasteiger charge is -2.40. The van der Waals surface area contributed by atoms with E-state index < -0.39 is 17.7 Å². The van der Waals surface area contributed by atoms with Crippen molar-refractivity contribution in [3.63, 3.8) is 0 Å². The fourth-order valence-corrected chi connectivity index (χ4v) is 5.74. The van der Waals surface area contributed by atoms with Gasteiger partial charge in [-0.05, 0) is 31.9 Å². The first-order valence-electron chi connectivity index (χ1n) is 14.2. The molecule has 0 unspecified atom stereocenters. The fourth-order valence-electron chi connectivity index (χ4n) is 5.74. The fraction of sp³-hybridized carbons (Fsp3) is 0.387. The Hall–Kier alpha value is -4.29. The first kappa shape index (κ1) is 28.8.